The van der Waals surface area contributed by atoms with Crippen LogP contribution in [0, 0.1) is 0 Å². The van der Waals surface area contributed by atoms with Crippen LogP contribution in [-0.2, 0) is 22.4 Å². The van der Waals surface area contributed by atoms with Gasteiger partial charge in [-0.2, -0.15) is 0 Å². The predicted octanol–water partition coefficient (Wildman–Crippen LogP) is 2.35. The topological polar surface area (TPSA) is 87.7 Å². The smallest absolute Gasteiger partial charge is 0.341 e. The Hall–Kier alpha value is -2.52. The van der Waals surface area contributed by atoms with Crippen LogP contribution < -0.4 is 10.2 Å². The van der Waals surface area contributed by atoms with Gasteiger partial charge < -0.3 is 15.0 Å². The maximum absolute atomic E-state index is 12.7. The molecule has 9 heteroatoms. The molecule has 1 aliphatic heterocycles. The van der Waals surface area contributed by atoms with Crippen LogP contribution in [0.5, 0.6) is 0 Å². The number of carbonyl (C=O) groups is 2. The molecule has 30 heavy (non-hydrogen) atoms. The Morgan fingerprint density at radius 3 is 2.60 bits per heavy atom. The lowest BCUT2D eigenvalue weighted by molar-refractivity contribution is -0.117. The van der Waals surface area contributed by atoms with Crippen molar-refractivity contribution in [1.82, 2.24) is 14.9 Å². The van der Waals surface area contributed by atoms with Crippen molar-refractivity contribution in [3.8, 4) is 0 Å². The number of rotatable bonds is 6. The number of piperazine rings is 1. The van der Waals surface area contributed by atoms with Crippen molar-refractivity contribution in [3.05, 3.63) is 34.5 Å². The van der Waals surface area contributed by atoms with Crippen LogP contribution in [0.3, 0.4) is 0 Å². The first-order valence-corrected chi connectivity index (χ1v) is 11.3. The lowest BCUT2D eigenvalue weighted by Crippen LogP contribution is -2.49. The molecule has 1 aliphatic carbocycles. The van der Waals surface area contributed by atoms with Crippen LogP contribution in [0.25, 0.3) is 0 Å². The monoisotopic (exact) mass is 429 g/mol. The van der Waals surface area contributed by atoms with Gasteiger partial charge in [-0.25, -0.2) is 14.8 Å². The van der Waals surface area contributed by atoms with E-state index in [0.717, 1.165) is 63.4 Å². The largest absolute Gasteiger partial charge is 0.462 e. The molecule has 2 aliphatic rings. The number of nitrogens with one attached hydrogen (secondary N) is 1. The molecule has 0 bridgehead atoms. The summed E-state index contributed by atoms with van der Waals surface area (Å²) < 4.78 is 5.27. The molecule has 0 aromatic carbocycles. The van der Waals surface area contributed by atoms with Crippen LogP contribution >= 0.6 is 11.3 Å². The molecule has 4 rings (SSSR count). The van der Waals surface area contributed by atoms with E-state index >= 15 is 0 Å². The number of nitrogens with zero attached hydrogens (tertiary/aromatic N) is 4. The van der Waals surface area contributed by atoms with Crippen molar-refractivity contribution < 1.29 is 14.3 Å². The number of hydrogen-bond acceptors (Lipinski definition) is 8. The lowest BCUT2D eigenvalue weighted by Gasteiger charge is -2.34. The van der Waals surface area contributed by atoms with Crippen LogP contribution in [-0.4, -0.2) is 66.1 Å². The molecule has 1 fully saturated rings. The van der Waals surface area contributed by atoms with E-state index in [1.807, 2.05) is 0 Å². The standard InChI is InChI=1S/C21H27N5O3S/c1-2-29-20(28)18-15-6-3-4-7-16(15)30-19(18)24-17(27)14-25-10-12-26(13-11-25)21-22-8-5-9-23-21/h5,8-9H,2-4,6-7,10-14H2,1H3,(H,24,27). The summed E-state index contributed by atoms with van der Waals surface area (Å²) in [4.78, 5) is 39.3. The SMILES string of the molecule is CCOC(=O)c1c(NC(=O)CN2CCN(c3ncccn3)CC2)sc2c1CCCC2. The van der Waals surface area contributed by atoms with Crippen LogP contribution in [0.1, 0.15) is 40.6 Å². The molecular weight excluding hydrogens is 402 g/mol. The quantitative estimate of drug-likeness (QED) is 0.705. The zero-order valence-electron chi connectivity index (χ0n) is 17.2. The van der Waals surface area contributed by atoms with Gasteiger partial charge in [0.1, 0.15) is 5.00 Å². The van der Waals surface area contributed by atoms with E-state index in [-0.39, 0.29) is 11.9 Å². The molecule has 2 aromatic heterocycles. The van der Waals surface area contributed by atoms with Crippen LogP contribution in [0.2, 0.25) is 0 Å². The number of aromatic nitrogens is 2. The fourth-order valence-corrected chi connectivity index (χ4v) is 5.30. The lowest BCUT2D eigenvalue weighted by atomic mass is 9.95. The van der Waals surface area contributed by atoms with Crippen LogP contribution in [0.4, 0.5) is 10.9 Å². The summed E-state index contributed by atoms with van der Waals surface area (Å²) in [6, 6.07) is 1.80. The molecule has 0 spiro atoms. The van der Waals surface area contributed by atoms with Gasteiger partial charge in [-0.1, -0.05) is 0 Å². The number of esters is 1. The fraction of sp³-hybridized carbons (Fsp3) is 0.524. The van der Waals surface area contributed by atoms with Gasteiger partial charge in [0.15, 0.2) is 0 Å². The number of thiophene rings is 1. The maximum Gasteiger partial charge on any atom is 0.341 e. The Morgan fingerprint density at radius 1 is 1.13 bits per heavy atom. The minimum absolute atomic E-state index is 0.0939. The van der Waals surface area contributed by atoms with Gasteiger partial charge in [-0.05, 0) is 44.2 Å². The fourth-order valence-electron chi connectivity index (χ4n) is 4.00. The van der Waals surface area contributed by atoms with Crippen molar-refractivity contribution in [2.45, 2.75) is 32.6 Å². The first-order chi connectivity index (χ1) is 14.7. The maximum atomic E-state index is 12.7. The van der Waals surface area contributed by atoms with Crippen molar-refractivity contribution in [1.29, 1.82) is 0 Å². The second kappa shape index (κ2) is 9.53. The highest BCUT2D eigenvalue weighted by Gasteiger charge is 2.28. The molecule has 1 amide bonds. The Bertz CT molecular complexity index is 894. The van der Waals surface area contributed by atoms with E-state index in [0.29, 0.717) is 23.7 Å². The summed E-state index contributed by atoms with van der Waals surface area (Å²) in [7, 11) is 0. The zero-order valence-corrected chi connectivity index (χ0v) is 18.0. The van der Waals surface area contributed by atoms with E-state index in [1.54, 1.807) is 25.4 Å². The number of hydrogen-bond donors (Lipinski definition) is 1. The van der Waals surface area contributed by atoms with Crippen LogP contribution in [0.15, 0.2) is 18.5 Å². The van der Waals surface area contributed by atoms with E-state index in [2.05, 4.69) is 25.1 Å². The summed E-state index contributed by atoms with van der Waals surface area (Å²) in [6.07, 6.45) is 7.51. The molecule has 2 aromatic rings. The normalized spacial score (nSPS) is 16.8. The van der Waals surface area contributed by atoms with Gasteiger partial charge in [0.05, 0.1) is 18.7 Å². The molecule has 8 nitrogen and oxygen atoms in total. The van der Waals surface area contributed by atoms with Crippen molar-refractivity contribution in [3.63, 3.8) is 0 Å². The van der Waals surface area contributed by atoms with Gasteiger partial charge in [-0.15, -0.1) is 11.3 Å². The van der Waals surface area contributed by atoms with Gasteiger partial charge in [0, 0.05) is 43.4 Å². The third-order valence-corrected chi connectivity index (χ3v) is 6.69. The van der Waals surface area contributed by atoms with E-state index < -0.39 is 0 Å². The first kappa shape index (κ1) is 20.7. The number of anilines is 2. The highest BCUT2D eigenvalue weighted by atomic mass is 32.1. The molecule has 0 saturated carbocycles. The molecule has 0 unspecified atom stereocenters. The predicted molar refractivity (Wildman–Crippen MR) is 116 cm³/mol. The number of amides is 1. The second-order valence-corrected chi connectivity index (χ2v) is 8.60. The Morgan fingerprint density at radius 2 is 1.87 bits per heavy atom. The zero-order chi connectivity index (χ0) is 20.9. The molecule has 1 N–H and O–H groups in total. The minimum Gasteiger partial charge on any atom is -0.462 e. The molecule has 3 heterocycles. The summed E-state index contributed by atoms with van der Waals surface area (Å²) in [5.74, 6) is 0.303. The molecule has 1 saturated heterocycles. The highest BCUT2D eigenvalue weighted by molar-refractivity contribution is 7.17. The third kappa shape index (κ3) is 4.62. The van der Waals surface area contributed by atoms with E-state index in [1.165, 1.54) is 16.2 Å². The summed E-state index contributed by atoms with van der Waals surface area (Å²) >= 11 is 1.53. The molecule has 0 atom stereocenters. The van der Waals surface area contributed by atoms with Crippen molar-refractivity contribution in [2.75, 3.05) is 49.5 Å². The Balaban J connectivity index is 1.37. The number of fused-ring (bicyclic) bond motifs is 1. The van der Waals surface area contributed by atoms with Crippen molar-refractivity contribution in [2.24, 2.45) is 0 Å². The average Bonchev–Trinajstić information content (AvgIpc) is 3.12. The Labute approximate surface area is 180 Å². The minimum atomic E-state index is -0.330. The number of ether oxygens (including phenoxy) is 1. The van der Waals surface area contributed by atoms with Gasteiger partial charge in [-0.3, -0.25) is 9.69 Å². The number of aryl methyl sites for hydroxylation is 1. The third-order valence-electron chi connectivity index (χ3n) is 5.48. The van der Waals surface area contributed by atoms with E-state index in [9.17, 15) is 9.59 Å². The second-order valence-electron chi connectivity index (χ2n) is 7.50. The molecule has 160 valence electrons. The van der Waals surface area contributed by atoms with E-state index in [4.69, 9.17) is 4.74 Å². The molecule has 0 radical (unpaired) electrons. The van der Waals surface area contributed by atoms with Crippen molar-refractivity contribution >= 4 is 34.2 Å². The first-order valence-electron chi connectivity index (χ1n) is 10.5. The van der Waals surface area contributed by atoms with Gasteiger partial charge in [0.25, 0.3) is 0 Å². The summed E-state index contributed by atoms with van der Waals surface area (Å²) in [5, 5.41) is 3.64. The van der Waals surface area contributed by atoms with Gasteiger partial charge >= 0.3 is 5.97 Å². The summed E-state index contributed by atoms with van der Waals surface area (Å²) in [6.45, 7) is 5.50. The summed E-state index contributed by atoms with van der Waals surface area (Å²) in [5.41, 5.74) is 1.63. The highest BCUT2D eigenvalue weighted by Crippen LogP contribution is 2.38. The average molecular weight is 430 g/mol. The van der Waals surface area contributed by atoms with Gasteiger partial charge in [0.2, 0.25) is 11.9 Å². The number of carbonyl (C=O) groups excluding carboxylic acids is 2. The molecular formula is C21H27N5O3S. The Kier molecular flexibility index (Phi) is 6.59.